The topological polar surface area (TPSA) is 66.6 Å². The van der Waals surface area contributed by atoms with Gasteiger partial charge in [-0.2, -0.15) is 17.0 Å². The summed E-state index contributed by atoms with van der Waals surface area (Å²) < 4.78 is 30.1. The first kappa shape index (κ1) is 19.4. The maximum atomic E-state index is 13.3. The zero-order valence-electron chi connectivity index (χ0n) is 16.2. The van der Waals surface area contributed by atoms with Crippen molar-refractivity contribution in [2.24, 2.45) is 17.1 Å². The van der Waals surface area contributed by atoms with Crippen LogP contribution >= 0.6 is 0 Å². The van der Waals surface area contributed by atoms with Gasteiger partial charge in [0.2, 0.25) is 0 Å². The summed E-state index contributed by atoms with van der Waals surface area (Å²) in [4.78, 5) is 0. The van der Waals surface area contributed by atoms with E-state index in [1.54, 1.807) is 8.61 Å². The minimum Gasteiger partial charge on any atom is -0.330 e. The van der Waals surface area contributed by atoms with Crippen molar-refractivity contribution < 1.29 is 8.42 Å². The summed E-state index contributed by atoms with van der Waals surface area (Å²) in [5, 5.41) is 0. The van der Waals surface area contributed by atoms with Gasteiger partial charge in [0.15, 0.2) is 0 Å². The predicted octanol–water partition coefficient (Wildman–Crippen LogP) is 2.95. The van der Waals surface area contributed by atoms with Gasteiger partial charge in [0, 0.05) is 32.1 Å². The molecule has 3 aliphatic rings. The van der Waals surface area contributed by atoms with Crippen molar-refractivity contribution in [2.45, 2.75) is 50.9 Å². The number of rotatable bonds is 4. The molecule has 0 aromatic heterocycles. The van der Waals surface area contributed by atoms with Crippen LogP contribution in [0.2, 0.25) is 0 Å². The molecule has 2 heterocycles. The lowest BCUT2D eigenvalue weighted by Gasteiger charge is -2.44. The van der Waals surface area contributed by atoms with E-state index in [1.165, 1.54) is 37.7 Å². The molecule has 3 fully saturated rings. The molecule has 0 radical (unpaired) electrons. The van der Waals surface area contributed by atoms with Crippen molar-refractivity contribution >= 4 is 10.2 Å². The zero-order valence-corrected chi connectivity index (χ0v) is 17.0. The van der Waals surface area contributed by atoms with Crippen molar-refractivity contribution in [3.8, 4) is 0 Å². The first-order valence-electron chi connectivity index (χ1n) is 10.5. The summed E-state index contributed by atoms with van der Waals surface area (Å²) in [6.07, 6.45) is 8.61. The predicted molar refractivity (Wildman–Crippen MR) is 109 cm³/mol. The van der Waals surface area contributed by atoms with Gasteiger partial charge in [-0.3, -0.25) is 0 Å². The van der Waals surface area contributed by atoms with E-state index in [0.717, 1.165) is 12.8 Å². The lowest BCUT2D eigenvalue weighted by molar-refractivity contribution is 0.0998. The summed E-state index contributed by atoms with van der Waals surface area (Å²) in [7, 11) is -3.39. The smallest absolute Gasteiger partial charge is 0.282 e. The maximum Gasteiger partial charge on any atom is 0.282 e. The van der Waals surface area contributed by atoms with E-state index in [1.807, 2.05) is 18.2 Å². The fourth-order valence-corrected chi connectivity index (χ4v) is 7.19. The van der Waals surface area contributed by atoms with Crippen LogP contribution in [0.25, 0.3) is 0 Å². The van der Waals surface area contributed by atoms with E-state index in [0.29, 0.717) is 38.1 Å². The van der Waals surface area contributed by atoms with Gasteiger partial charge < -0.3 is 5.73 Å². The first-order chi connectivity index (χ1) is 13.0. The van der Waals surface area contributed by atoms with Crippen LogP contribution in [0.4, 0.5) is 0 Å². The summed E-state index contributed by atoms with van der Waals surface area (Å²) in [5.41, 5.74) is 7.62. The molecule has 1 spiro atoms. The Labute approximate surface area is 164 Å². The van der Waals surface area contributed by atoms with Crippen molar-refractivity contribution in [3.05, 3.63) is 35.9 Å². The second-order valence-electron chi connectivity index (χ2n) is 8.80. The Kier molecular flexibility index (Phi) is 5.61. The minimum absolute atomic E-state index is 0.191. The summed E-state index contributed by atoms with van der Waals surface area (Å²) in [6.45, 7) is 2.98. The Balaban J connectivity index is 1.45. The minimum atomic E-state index is -3.39. The number of hydrogen-bond acceptors (Lipinski definition) is 3. The molecule has 4 rings (SSSR count). The van der Waals surface area contributed by atoms with Gasteiger partial charge >= 0.3 is 0 Å². The fraction of sp³-hybridized carbons (Fsp3) is 0.714. The van der Waals surface area contributed by atoms with Crippen molar-refractivity contribution in [1.29, 1.82) is 0 Å². The molecule has 0 amide bonds. The molecule has 2 saturated heterocycles. The van der Waals surface area contributed by atoms with Gasteiger partial charge in [0.05, 0.1) is 0 Å². The highest BCUT2D eigenvalue weighted by atomic mass is 32.2. The molecule has 1 aromatic carbocycles. The molecule has 1 aliphatic carbocycles. The molecular weight excluding hydrogens is 358 g/mol. The van der Waals surface area contributed by atoms with E-state index in [-0.39, 0.29) is 11.8 Å². The van der Waals surface area contributed by atoms with Crippen LogP contribution in [-0.4, -0.2) is 49.8 Å². The Morgan fingerprint density at radius 3 is 2.22 bits per heavy atom. The lowest BCUT2D eigenvalue weighted by Crippen LogP contribution is -2.49. The largest absolute Gasteiger partial charge is 0.330 e. The monoisotopic (exact) mass is 391 g/mol. The average molecular weight is 392 g/mol. The molecule has 0 bridgehead atoms. The Morgan fingerprint density at radius 1 is 0.926 bits per heavy atom. The van der Waals surface area contributed by atoms with Gasteiger partial charge in [0.1, 0.15) is 0 Å². The van der Waals surface area contributed by atoms with E-state index in [4.69, 9.17) is 5.73 Å². The fourth-order valence-electron chi connectivity index (χ4n) is 5.49. The van der Waals surface area contributed by atoms with Crippen LogP contribution in [0.15, 0.2) is 30.3 Å². The number of hydrogen-bond donors (Lipinski definition) is 1. The van der Waals surface area contributed by atoms with Gasteiger partial charge in [-0.05, 0) is 49.1 Å². The Morgan fingerprint density at radius 2 is 1.59 bits per heavy atom. The maximum absolute atomic E-state index is 13.3. The third-order valence-electron chi connectivity index (χ3n) is 7.29. The standard InChI is InChI=1S/C21H33N3O2S/c22-15-19-16-24(17-20(19)18-7-3-1-4-8-18)27(25,26)23-13-11-21(12-14-23)9-5-2-6-10-21/h1,3-4,7-8,19-20H,2,5-6,9-17,22H2/t19-,20+/m1/s1. The van der Waals surface area contributed by atoms with Crippen molar-refractivity contribution in [3.63, 3.8) is 0 Å². The third-order valence-corrected chi connectivity index (χ3v) is 9.26. The molecule has 150 valence electrons. The van der Waals surface area contributed by atoms with Crippen molar-refractivity contribution in [2.75, 3.05) is 32.7 Å². The van der Waals surface area contributed by atoms with Crippen molar-refractivity contribution in [1.82, 2.24) is 8.61 Å². The summed E-state index contributed by atoms with van der Waals surface area (Å²) in [6, 6.07) is 10.2. The van der Waals surface area contributed by atoms with E-state index < -0.39 is 10.2 Å². The molecular formula is C21H33N3O2S. The van der Waals surface area contributed by atoms with Gasteiger partial charge in [0.25, 0.3) is 10.2 Å². The van der Waals surface area contributed by atoms with Crippen LogP contribution < -0.4 is 5.73 Å². The van der Waals surface area contributed by atoms with Gasteiger partial charge in [-0.15, -0.1) is 0 Å². The molecule has 0 unspecified atom stereocenters. The van der Waals surface area contributed by atoms with Crippen LogP contribution in [0.1, 0.15) is 56.4 Å². The average Bonchev–Trinajstić information content (AvgIpc) is 3.15. The highest BCUT2D eigenvalue weighted by Crippen LogP contribution is 2.45. The van der Waals surface area contributed by atoms with Gasteiger partial charge in [-0.1, -0.05) is 49.6 Å². The normalized spacial score (nSPS) is 30.0. The molecule has 2 atom stereocenters. The molecule has 2 aliphatic heterocycles. The summed E-state index contributed by atoms with van der Waals surface area (Å²) in [5.74, 6) is 0.386. The zero-order chi connectivity index (χ0) is 18.9. The van der Waals surface area contributed by atoms with Crippen LogP contribution in [0.5, 0.6) is 0 Å². The quantitative estimate of drug-likeness (QED) is 0.858. The third kappa shape index (κ3) is 3.82. The lowest BCUT2D eigenvalue weighted by atomic mass is 9.68. The van der Waals surface area contributed by atoms with Crippen LogP contribution in [0, 0.1) is 11.3 Å². The molecule has 2 N–H and O–H groups in total. The number of piperidine rings is 1. The Bertz CT molecular complexity index is 721. The SMILES string of the molecule is NC[C@@H]1CN(S(=O)(=O)N2CCC3(CCCCC3)CC2)C[C@H]1c1ccccc1. The molecule has 5 nitrogen and oxygen atoms in total. The molecule has 27 heavy (non-hydrogen) atoms. The number of nitrogens with zero attached hydrogens (tertiary/aromatic N) is 2. The first-order valence-corrected chi connectivity index (χ1v) is 11.9. The molecule has 6 heteroatoms. The van der Waals surface area contributed by atoms with E-state index >= 15 is 0 Å². The number of benzene rings is 1. The second-order valence-corrected chi connectivity index (χ2v) is 10.7. The molecule has 1 aromatic rings. The molecule has 1 saturated carbocycles. The second kappa shape index (κ2) is 7.82. The highest BCUT2D eigenvalue weighted by Gasteiger charge is 2.44. The van der Waals surface area contributed by atoms with Gasteiger partial charge in [-0.25, -0.2) is 0 Å². The summed E-state index contributed by atoms with van der Waals surface area (Å²) >= 11 is 0. The Hall–Kier alpha value is -0.950. The highest BCUT2D eigenvalue weighted by molar-refractivity contribution is 7.86. The van der Waals surface area contributed by atoms with Crippen LogP contribution in [0.3, 0.4) is 0 Å². The van der Waals surface area contributed by atoms with E-state index in [9.17, 15) is 8.42 Å². The number of nitrogens with two attached hydrogens (primary N) is 1. The van der Waals surface area contributed by atoms with Crippen LogP contribution in [-0.2, 0) is 10.2 Å². The van der Waals surface area contributed by atoms with E-state index in [2.05, 4.69) is 12.1 Å².